The van der Waals surface area contributed by atoms with E-state index in [1.165, 1.54) is 0 Å². The van der Waals surface area contributed by atoms with Crippen molar-refractivity contribution >= 4 is 27.2 Å². The second kappa shape index (κ2) is 4.68. The Labute approximate surface area is 87.1 Å². The molecule has 0 fully saturated rings. The van der Waals surface area contributed by atoms with Crippen LogP contribution in [0.15, 0.2) is 22.5 Å². The molecule has 0 aliphatic heterocycles. The number of thiophene rings is 1. The van der Waals surface area contributed by atoms with Crippen molar-refractivity contribution in [3.63, 3.8) is 0 Å². The fourth-order valence-electron chi connectivity index (χ4n) is 0.891. The van der Waals surface area contributed by atoms with Gasteiger partial charge in [-0.3, -0.25) is 9.55 Å². The molecule has 0 aromatic carbocycles. The monoisotopic (exact) mass is 233 g/mol. The quantitative estimate of drug-likeness (QED) is 0.632. The second-order valence-electron chi connectivity index (χ2n) is 2.73. The number of rotatable bonds is 4. The maximum Gasteiger partial charge on any atom is 0.266 e. The third kappa shape index (κ3) is 3.99. The molecular weight excluding hydrogens is 222 g/mol. The standard InChI is InChI=1S/C8H11NO3S2/c1-7(8-3-2-5-13-8)9-4-6-14(10,11)12/h2-3,5H,4,6H2,1H3,(H,10,11,12). The molecule has 1 N–H and O–H groups in total. The molecule has 0 amide bonds. The molecule has 1 aromatic rings. The zero-order valence-corrected chi connectivity index (χ0v) is 9.31. The van der Waals surface area contributed by atoms with E-state index in [0.29, 0.717) is 0 Å². The van der Waals surface area contributed by atoms with Crippen LogP contribution in [0.1, 0.15) is 11.8 Å². The van der Waals surface area contributed by atoms with Crippen LogP contribution in [0.2, 0.25) is 0 Å². The van der Waals surface area contributed by atoms with Gasteiger partial charge in [0, 0.05) is 10.6 Å². The molecule has 1 rings (SSSR count). The summed E-state index contributed by atoms with van der Waals surface area (Å²) in [5.41, 5.74) is 0.795. The number of hydrogen-bond acceptors (Lipinski definition) is 4. The fourth-order valence-corrected chi connectivity index (χ4v) is 1.91. The van der Waals surface area contributed by atoms with Gasteiger partial charge in [0.1, 0.15) is 0 Å². The molecule has 0 radical (unpaired) electrons. The van der Waals surface area contributed by atoms with Gasteiger partial charge in [-0.15, -0.1) is 11.3 Å². The van der Waals surface area contributed by atoms with Gasteiger partial charge < -0.3 is 0 Å². The van der Waals surface area contributed by atoms with Crippen LogP contribution in [-0.2, 0) is 10.1 Å². The summed E-state index contributed by atoms with van der Waals surface area (Å²) in [5, 5.41) is 1.93. The summed E-state index contributed by atoms with van der Waals surface area (Å²) in [7, 11) is -3.89. The molecule has 0 saturated heterocycles. The van der Waals surface area contributed by atoms with Crippen LogP contribution in [0.25, 0.3) is 0 Å². The van der Waals surface area contributed by atoms with E-state index in [0.717, 1.165) is 10.6 Å². The summed E-state index contributed by atoms with van der Waals surface area (Å²) < 4.78 is 29.2. The summed E-state index contributed by atoms with van der Waals surface area (Å²) in [6, 6.07) is 3.82. The van der Waals surface area contributed by atoms with E-state index >= 15 is 0 Å². The highest BCUT2D eigenvalue weighted by Crippen LogP contribution is 2.09. The molecule has 78 valence electrons. The first-order valence-electron chi connectivity index (χ1n) is 3.99. The van der Waals surface area contributed by atoms with E-state index in [1.54, 1.807) is 11.3 Å². The average molecular weight is 233 g/mol. The van der Waals surface area contributed by atoms with Crippen molar-refractivity contribution in [3.05, 3.63) is 22.4 Å². The predicted molar refractivity (Wildman–Crippen MR) is 57.8 cm³/mol. The lowest BCUT2D eigenvalue weighted by atomic mass is 10.3. The molecule has 0 bridgehead atoms. The Morgan fingerprint density at radius 3 is 2.86 bits per heavy atom. The molecule has 0 atom stereocenters. The summed E-state index contributed by atoms with van der Waals surface area (Å²) >= 11 is 1.55. The van der Waals surface area contributed by atoms with Crippen LogP contribution in [0.5, 0.6) is 0 Å². The Morgan fingerprint density at radius 2 is 2.36 bits per heavy atom. The molecule has 14 heavy (non-hydrogen) atoms. The molecule has 0 aliphatic carbocycles. The Hall–Kier alpha value is -0.720. The number of nitrogens with zero attached hydrogens (tertiary/aromatic N) is 1. The molecule has 4 nitrogen and oxygen atoms in total. The van der Waals surface area contributed by atoms with E-state index in [-0.39, 0.29) is 12.3 Å². The molecule has 0 unspecified atom stereocenters. The molecule has 6 heteroatoms. The predicted octanol–water partition coefficient (Wildman–Crippen LogP) is 1.44. The van der Waals surface area contributed by atoms with Crippen molar-refractivity contribution in [1.29, 1.82) is 0 Å². The normalized spacial score (nSPS) is 13.1. The smallest absolute Gasteiger partial charge is 0.266 e. The van der Waals surface area contributed by atoms with Gasteiger partial charge in [-0.1, -0.05) is 6.07 Å². The SMILES string of the molecule is CC(=NCCS(=O)(=O)O)c1cccs1. The molecule has 0 spiro atoms. The van der Waals surface area contributed by atoms with Gasteiger partial charge in [0.15, 0.2) is 0 Å². The summed E-state index contributed by atoms with van der Waals surface area (Å²) in [6.45, 7) is 1.92. The average Bonchev–Trinajstić information content (AvgIpc) is 2.53. The van der Waals surface area contributed by atoms with Crippen LogP contribution < -0.4 is 0 Å². The summed E-state index contributed by atoms with van der Waals surface area (Å²) in [5.74, 6) is -0.324. The van der Waals surface area contributed by atoms with Crippen molar-refractivity contribution in [2.45, 2.75) is 6.92 Å². The van der Waals surface area contributed by atoms with Crippen molar-refractivity contribution in [2.75, 3.05) is 12.3 Å². The zero-order valence-electron chi connectivity index (χ0n) is 7.67. The minimum atomic E-state index is -3.89. The summed E-state index contributed by atoms with van der Waals surface area (Å²) in [4.78, 5) is 5.05. The molecule has 1 aromatic heterocycles. The van der Waals surface area contributed by atoms with Gasteiger partial charge in [0.2, 0.25) is 0 Å². The first-order chi connectivity index (χ1) is 6.49. The van der Waals surface area contributed by atoms with Gasteiger partial charge in [-0.2, -0.15) is 8.42 Å². The van der Waals surface area contributed by atoms with Crippen molar-refractivity contribution in [3.8, 4) is 0 Å². The highest BCUT2D eigenvalue weighted by molar-refractivity contribution is 7.85. The first-order valence-corrected chi connectivity index (χ1v) is 6.48. The minimum absolute atomic E-state index is 0.0998. The largest absolute Gasteiger partial charge is 0.287 e. The van der Waals surface area contributed by atoms with Gasteiger partial charge in [0.05, 0.1) is 12.3 Å². The lowest BCUT2D eigenvalue weighted by Crippen LogP contribution is -2.07. The molecular formula is C8H11NO3S2. The lowest BCUT2D eigenvalue weighted by Gasteiger charge is -1.96. The van der Waals surface area contributed by atoms with E-state index in [9.17, 15) is 8.42 Å². The van der Waals surface area contributed by atoms with Gasteiger partial charge in [0.25, 0.3) is 10.1 Å². The highest BCUT2D eigenvalue weighted by atomic mass is 32.2. The number of aliphatic imine (C=N–C) groups is 1. The van der Waals surface area contributed by atoms with Crippen LogP contribution in [0, 0.1) is 0 Å². The van der Waals surface area contributed by atoms with Crippen molar-refractivity contribution in [1.82, 2.24) is 0 Å². The van der Waals surface area contributed by atoms with E-state index in [2.05, 4.69) is 4.99 Å². The summed E-state index contributed by atoms with van der Waals surface area (Å²) in [6.07, 6.45) is 0. The Balaban J connectivity index is 2.54. The van der Waals surface area contributed by atoms with Crippen LogP contribution >= 0.6 is 11.3 Å². The van der Waals surface area contributed by atoms with E-state index in [4.69, 9.17) is 4.55 Å². The topological polar surface area (TPSA) is 66.7 Å². The van der Waals surface area contributed by atoms with Crippen LogP contribution in [0.4, 0.5) is 0 Å². The van der Waals surface area contributed by atoms with Gasteiger partial charge in [-0.25, -0.2) is 0 Å². The Kier molecular flexibility index (Phi) is 3.79. The molecule has 0 aliphatic rings. The molecule has 0 saturated carbocycles. The minimum Gasteiger partial charge on any atom is -0.287 e. The van der Waals surface area contributed by atoms with E-state index in [1.807, 2.05) is 24.4 Å². The van der Waals surface area contributed by atoms with E-state index < -0.39 is 10.1 Å². The fraction of sp³-hybridized carbons (Fsp3) is 0.375. The Morgan fingerprint density at radius 1 is 1.64 bits per heavy atom. The first kappa shape index (κ1) is 11.4. The second-order valence-corrected chi connectivity index (χ2v) is 5.25. The van der Waals surface area contributed by atoms with Crippen molar-refractivity contribution in [2.24, 2.45) is 4.99 Å². The maximum absolute atomic E-state index is 10.4. The number of hydrogen-bond donors (Lipinski definition) is 1. The zero-order chi connectivity index (χ0) is 10.6. The van der Waals surface area contributed by atoms with Crippen molar-refractivity contribution < 1.29 is 13.0 Å². The Bertz CT molecular complexity index is 406. The third-order valence-corrected chi connectivity index (χ3v) is 3.25. The van der Waals surface area contributed by atoms with Crippen LogP contribution in [-0.4, -0.2) is 31.0 Å². The third-order valence-electron chi connectivity index (χ3n) is 1.58. The maximum atomic E-state index is 10.4. The highest BCUT2D eigenvalue weighted by Gasteiger charge is 2.03. The van der Waals surface area contributed by atoms with Gasteiger partial charge in [-0.05, 0) is 18.4 Å². The van der Waals surface area contributed by atoms with Gasteiger partial charge >= 0.3 is 0 Å². The lowest BCUT2D eigenvalue weighted by molar-refractivity contribution is 0.483. The molecule has 1 heterocycles. The van der Waals surface area contributed by atoms with Crippen LogP contribution in [0.3, 0.4) is 0 Å².